The van der Waals surface area contributed by atoms with Crippen LogP contribution in [0.25, 0.3) is 0 Å². The molecule has 1 N–H and O–H groups in total. The van der Waals surface area contributed by atoms with Crippen LogP contribution in [0.5, 0.6) is 0 Å². The number of amides is 2. The fourth-order valence-electron chi connectivity index (χ4n) is 3.70. The molecule has 5 heteroatoms. The number of nitrogens with one attached hydrogen (secondary N) is 1. The molecule has 1 fully saturated rings. The minimum atomic E-state index is 0.0200. The number of hydrogen-bond acceptors (Lipinski definition) is 3. The summed E-state index contributed by atoms with van der Waals surface area (Å²) in [6.07, 6.45) is 3.19. The Bertz CT molecular complexity index is 784. The van der Waals surface area contributed by atoms with Crippen LogP contribution in [0.1, 0.15) is 47.7 Å². The third-order valence-corrected chi connectivity index (χ3v) is 5.24. The maximum atomic E-state index is 12.4. The third-order valence-electron chi connectivity index (χ3n) is 5.24. The van der Waals surface area contributed by atoms with Gasteiger partial charge in [0.05, 0.1) is 6.54 Å². The van der Waals surface area contributed by atoms with E-state index in [1.165, 1.54) is 5.56 Å². The van der Waals surface area contributed by atoms with E-state index in [-0.39, 0.29) is 11.8 Å². The second-order valence-electron chi connectivity index (χ2n) is 7.67. The second kappa shape index (κ2) is 10.8. The molecule has 2 aromatic rings. The van der Waals surface area contributed by atoms with Crippen molar-refractivity contribution in [2.24, 2.45) is 0 Å². The van der Waals surface area contributed by atoms with E-state index >= 15 is 0 Å². The molecular formula is C24H31N3O2. The summed E-state index contributed by atoms with van der Waals surface area (Å²) in [6.45, 7) is 6.35. The van der Waals surface area contributed by atoms with Crippen LogP contribution in [0, 0.1) is 0 Å². The van der Waals surface area contributed by atoms with Crippen LogP contribution in [-0.2, 0) is 17.9 Å². The van der Waals surface area contributed by atoms with E-state index in [1.807, 2.05) is 47.4 Å². The topological polar surface area (TPSA) is 52.7 Å². The first-order valence-electron chi connectivity index (χ1n) is 10.6. The maximum Gasteiger partial charge on any atom is 0.253 e. The second-order valence-corrected chi connectivity index (χ2v) is 7.67. The molecule has 0 saturated carbocycles. The van der Waals surface area contributed by atoms with Gasteiger partial charge < -0.3 is 10.2 Å². The Morgan fingerprint density at radius 3 is 2.31 bits per heavy atom. The Labute approximate surface area is 173 Å². The molecule has 0 aliphatic carbocycles. The molecule has 1 heterocycles. The van der Waals surface area contributed by atoms with Gasteiger partial charge in [-0.25, -0.2) is 0 Å². The third kappa shape index (κ3) is 6.43. The van der Waals surface area contributed by atoms with Crippen LogP contribution in [0.4, 0.5) is 0 Å². The zero-order valence-corrected chi connectivity index (χ0v) is 17.3. The molecule has 0 radical (unpaired) electrons. The first-order chi connectivity index (χ1) is 14.2. The minimum Gasteiger partial charge on any atom is -0.351 e. The van der Waals surface area contributed by atoms with Crippen molar-refractivity contribution >= 4 is 11.8 Å². The van der Waals surface area contributed by atoms with E-state index in [0.717, 1.165) is 56.6 Å². The van der Waals surface area contributed by atoms with Gasteiger partial charge in [0.25, 0.3) is 5.91 Å². The monoisotopic (exact) mass is 393 g/mol. The Kier molecular flexibility index (Phi) is 7.82. The molecule has 0 spiro atoms. The first kappa shape index (κ1) is 21.1. The van der Waals surface area contributed by atoms with Gasteiger partial charge in [-0.1, -0.05) is 49.4 Å². The number of rotatable bonds is 9. The fraction of sp³-hybridized carbons (Fsp3) is 0.417. The van der Waals surface area contributed by atoms with E-state index in [9.17, 15) is 9.59 Å². The minimum absolute atomic E-state index is 0.0200. The summed E-state index contributed by atoms with van der Waals surface area (Å²) in [7, 11) is 0. The number of carbonyl (C=O) groups is 2. The van der Waals surface area contributed by atoms with Gasteiger partial charge >= 0.3 is 0 Å². The van der Waals surface area contributed by atoms with Crippen LogP contribution in [-0.4, -0.2) is 47.8 Å². The van der Waals surface area contributed by atoms with E-state index in [4.69, 9.17) is 0 Å². The predicted octanol–water partition coefficient (Wildman–Crippen LogP) is 3.45. The van der Waals surface area contributed by atoms with Crippen LogP contribution in [0.15, 0.2) is 54.6 Å². The average Bonchev–Trinajstić information content (AvgIpc) is 3.28. The van der Waals surface area contributed by atoms with Crippen LogP contribution < -0.4 is 5.32 Å². The van der Waals surface area contributed by atoms with Crippen molar-refractivity contribution in [1.82, 2.24) is 15.1 Å². The van der Waals surface area contributed by atoms with E-state index in [0.29, 0.717) is 13.1 Å². The van der Waals surface area contributed by atoms with Gasteiger partial charge in [0.2, 0.25) is 5.91 Å². The summed E-state index contributed by atoms with van der Waals surface area (Å²) in [5.74, 6) is 0.126. The zero-order valence-electron chi connectivity index (χ0n) is 17.3. The van der Waals surface area contributed by atoms with Crippen LogP contribution >= 0.6 is 0 Å². The Morgan fingerprint density at radius 1 is 0.966 bits per heavy atom. The highest BCUT2D eigenvalue weighted by Crippen LogP contribution is 2.13. The van der Waals surface area contributed by atoms with Crippen molar-refractivity contribution in [3.8, 4) is 0 Å². The van der Waals surface area contributed by atoms with E-state index < -0.39 is 0 Å². The lowest BCUT2D eigenvalue weighted by Gasteiger charge is -2.21. The normalized spacial score (nSPS) is 13.7. The Hall–Kier alpha value is -2.66. The standard InChI is InChI=1S/C24H31N3O2/c1-2-14-26(18-21-8-4-3-5-9-21)19-23(28)25-17-20-10-12-22(13-11-20)24(29)27-15-6-7-16-27/h3-5,8-13H,2,6-7,14-19H2,1H3,(H,25,28). The summed E-state index contributed by atoms with van der Waals surface area (Å²) < 4.78 is 0. The molecule has 0 atom stereocenters. The lowest BCUT2D eigenvalue weighted by molar-refractivity contribution is -0.122. The van der Waals surface area contributed by atoms with Crippen molar-refractivity contribution in [1.29, 1.82) is 0 Å². The molecule has 1 aliphatic heterocycles. The van der Waals surface area contributed by atoms with Gasteiger partial charge in [0.1, 0.15) is 0 Å². The quantitative estimate of drug-likeness (QED) is 0.710. The summed E-state index contributed by atoms with van der Waals surface area (Å²) in [4.78, 5) is 28.9. The molecule has 2 aromatic carbocycles. The first-order valence-corrected chi connectivity index (χ1v) is 10.6. The molecule has 5 nitrogen and oxygen atoms in total. The molecular weight excluding hydrogens is 362 g/mol. The van der Waals surface area contributed by atoms with Crippen LogP contribution in [0.2, 0.25) is 0 Å². The molecule has 1 aliphatic rings. The largest absolute Gasteiger partial charge is 0.351 e. The fourth-order valence-corrected chi connectivity index (χ4v) is 3.70. The Morgan fingerprint density at radius 2 is 1.66 bits per heavy atom. The van der Waals surface area contributed by atoms with Gasteiger partial charge in [-0.3, -0.25) is 14.5 Å². The Balaban J connectivity index is 1.48. The van der Waals surface area contributed by atoms with E-state index in [1.54, 1.807) is 0 Å². The molecule has 0 aromatic heterocycles. The maximum absolute atomic E-state index is 12.4. The number of nitrogens with zero attached hydrogens (tertiary/aromatic N) is 2. The van der Waals surface area contributed by atoms with E-state index in [2.05, 4.69) is 29.3 Å². The smallest absolute Gasteiger partial charge is 0.253 e. The van der Waals surface area contributed by atoms with Crippen molar-refractivity contribution in [2.45, 2.75) is 39.3 Å². The highest BCUT2D eigenvalue weighted by molar-refractivity contribution is 5.94. The van der Waals surface area contributed by atoms with Crippen molar-refractivity contribution in [2.75, 3.05) is 26.2 Å². The van der Waals surface area contributed by atoms with Crippen molar-refractivity contribution in [3.05, 3.63) is 71.3 Å². The average molecular weight is 394 g/mol. The predicted molar refractivity (Wildman–Crippen MR) is 115 cm³/mol. The van der Waals surface area contributed by atoms with Gasteiger partial charge in [-0.15, -0.1) is 0 Å². The highest BCUT2D eigenvalue weighted by Gasteiger charge is 2.19. The van der Waals surface area contributed by atoms with Gasteiger partial charge in [-0.05, 0) is 49.1 Å². The molecule has 29 heavy (non-hydrogen) atoms. The lowest BCUT2D eigenvalue weighted by atomic mass is 10.1. The van der Waals surface area contributed by atoms with Gasteiger partial charge in [-0.2, -0.15) is 0 Å². The molecule has 1 saturated heterocycles. The molecule has 3 rings (SSSR count). The summed E-state index contributed by atoms with van der Waals surface area (Å²) in [5.41, 5.74) is 2.94. The van der Waals surface area contributed by atoms with Gasteiger partial charge in [0, 0.05) is 31.7 Å². The molecule has 154 valence electrons. The highest BCUT2D eigenvalue weighted by atomic mass is 16.2. The van der Waals surface area contributed by atoms with Crippen molar-refractivity contribution in [3.63, 3.8) is 0 Å². The van der Waals surface area contributed by atoms with Crippen LogP contribution in [0.3, 0.4) is 0 Å². The SMILES string of the molecule is CCCN(CC(=O)NCc1ccc(C(=O)N2CCCC2)cc1)Cc1ccccc1. The summed E-state index contributed by atoms with van der Waals surface area (Å²) in [6, 6.07) is 17.8. The zero-order chi connectivity index (χ0) is 20.5. The van der Waals surface area contributed by atoms with Gasteiger partial charge in [0.15, 0.2) is 0 Å². The summed E-state index contributed by atoms with van der Waals surface area (Å²) >= 11 is 0. The molecule has 0 unspecified atom stereocenters. The molecule has 0 bridgehead atoms. The number of benzene rings is 2. The number of likely N-dealkylation sites (tertiary alicyclic amines) is 1. The lowest BCUT2D eigenvalue weighted by Crippen LogP contribution is -2.37. The number of carbonyl (C=O) groups excluding carboxylic acids is 2. The number of hydrogen-bond donors (Lipinski definition) is 1. The molecule has 2 amide bonds. The summed E-state index contributed by atoms with van der Waals surface area (Å²) in [5, 5.41) is 3.00. The van der Waals surface area contributed by atoms with Crippen molar-refractivity contribution < 1.29 is 9.59 Å².